The van der Waals surface area contributed by atoms with Crippen molar-refractivity contribution in [3.05, 3.63) is 48.5 Å². The van der Waals surface area contributed by atoms with Gasteiger partial charge in [0.25, 0.3) is 0 Å². The molecule has 2 aromatic rings. The molecular weight excluding hydrogens is 292 g/mol. The van der Waals surface area contributed by atoms with Crippen molar-refractivity contribution in [3.63, 3.8) is 0 Å². The Hall–Kier alpha value is -2.69. The summed E-state index contributed by atoms with van der Waals surface area (Å²) in [7, 11) is 1.57. The van der Waals surface area contributed by atoms with Gasteiger partial charge in [0.1, 0.15) is 11.5 Å². The maximum atomic E-state index is 12.2. The van der Waals surface area contributed by atoms with Gasteiger partial charge in [-0.05, 0) is 30.7 Å². The van der Waals surface area contributed by atoms with Crippen LogP contribution in [0.2, 0.25) is 0 Å². The van der Waals surface area contributed by atoms with E-state index in [-0.39, 0.29) is 11.8 Å². The minimum Gasteiger partial charge on any atom is -0.497 e. The van der Waals surface area contributed by atoms with Crippen LogP contribution in [0.25, 0.3) is 0 Å². The smallest absolute Gasteiger partial charge is 0.227 e. The van der Waals surface area contributed by atoms with Gasteiger partial charge >= 0.3 is 0 Å². The molecule has 2 rings (SSSR count). The van der Waals surface area contributed by atoms with Crippen LogP contribution in [0.3, 0.4) is 0 Å². The SMILES string of the molecule is COc1ccc(N)c(NC(=O)C(C)CCOc2ccccc2)c1. The third-order valence-electron chi connectivity index (χ3n) is 3.53. The predicted octanol–water partition coefficient (Wildman–Crippen LogP) is 3.32. The average molecular weight is 314 g/mol. The van der Waals surface area contributed by atoms with Crippen LogP contribution in [0.4, 0.5) is 11.4 Å². The number of nitrogen functional groups attached to an aromatic ring is 1. The van der Waals surface area contributed by atoms with Crippen LogP contribution in [0.15, 0.2) is 48.5 Å². The van der Waals surface area contributed by atoms with Crippen molar-refractivity contribution in [3.8, 4) is 11.5 Å². The van der Waals surface area contributed by atoms with E-state index in [2.05, 4.69) is 5.32 Å². The summed E-state index contributed by atoms with van der Waals surface area (Å²) in [5.41, 5.74) is 6.94. The van der Waals surface area contributed by atoms with Crippen molar-refractivity contribution in [1.82, 2.24) is 0 Å². The lowest BCUT2D eigenvalue weighted by molar-refractivity contribution is -0.119. The molecule has 122 valence electrons. The minimum atomic E-state index is -0.190. The van der Waals surface area contributed by atoms with Gasteiger partial charge < -0.3 is 20.5 Å². The molecule has 0 spiro atoms. The molecule has 5 nitrogen and oxygen atoms in total. The van der Waals surface area contributed by atoms with E-state index < -0.39 is 0 Å². The second kappa shape index (κ2) is 8.08. The molecule has 0 radical (unpaired) electrons. The van der Waals surface area contributed by atoms with Crippen molar-refractivity contribution in [1.29, 1.82) is 0 Å². The first-order valence-corrected chi connectivity index (χ1v) is 7.52. The third-order valence-corrected chi connectivity index (χ3v) is 3.53. The topological polar surface area (TPSA) is 73.6 Å². The first kappa shape index (κ1) is 16.7. The highest BCUT2D eigenvalue weighted by atomic mass is 16.5. The molecule has 0 saturated heterocycles. The Labute approximate surface area is 136 Å². The van der Waals surface area contributed by atoms with Crippen LogP contribution in [0.5, 0.6) is 11.5 Å². The number of nitrogens with one attached hydrogen (secondary N) is 1. The first-order chi connectivity index (χ1) is 11.1. The molecule has 0 aliphatic rings. The first-order valence-electron chi connectivity index (χ1n) is 7.52. The van der Waals surface area contributed by atoms with Crippen LogP contribution < -0.4 is 20.5 Å². The van der Waals surface area contributed by atoms with Crippen molar-refractivity contribution >= 4 is 17.3 Å². The lowest BCUT2D eigenvalue weighted by atomic mass is 10.1. The van der Waals surface area contributed by atoms with Gasteiger partial charge in [-0.25, -0.2) is 0 Å². The van der Waals surface area contributed by atoms with E-state index in [1.807, 2.05) is 37.3 Å². The number of anilines is 2. The fourth-order valence-electron chi connectivity index (χ4n) is 2.03. The van der Waals surface area contributed by atoms with Crippen LogP contribution in [-0.2, 0) is 4.79 Å². The molecule has 5 heteroatoms. The summed E-state index contributed by atoms with van der Waals surface area (Å²) in [6, 6.07) is 14.7. The maximum absolute atomic E-state index is 12.2. The summed E-state index contributed by atoms with van der Waals surface area (Å²) >= 11 is 0. The Morgan fingerprint density at radius 1 is 1.17 bits per heavy atom. The normalized spacial score (nSPS) is 11.6. The van der Waals surface area contributed by atoms with Gasteiger partial charge in [0.2, 0.25) is 5.91 Å². The number of hydrogen-bond acceptors (Lipinski definition) is 4. The Morgan fingerprint density at radius 3 is 2.61 bits per heavy atom. The number of carbonyl (C=O) groups excluding carboxylic acids is 1. The monoisotopic (exact) mass is 314 g/mol. The second-order valence-corrected chi connectivity index (χ2v) is 5.29. The largest absolute Gasteiger partial charge is 0.497 e. The van der Waals surface area contributed by atoms with Crippen molar-refractivity contribution in [2.45, 2.75) is 13.3 Å². The van der Waals surface area contributed by atoms with Crippen LogP contribution in [-0.4, -0.2) is 19.6 Å². The molecule has 0 aromatic heterocycles. The summed E-state index contributed by atoms with van der Waals surface area (Å²) in [4.78, 5) is 12.2. The minimum absolute atomic E-state index is 0.0957. The van der Waals surface area contributed by atoms with E-state index in [0.29, 0.717) is 30.2 Å². The summed E-state index contributed by atoms with van der Waals surface area (Å²) in [5, 5.41) is 2.83. The van der Waals surface area contributed by atoms with Crippen molar-refractivity contribution < 1.29 is 14.3 Å². The average Bonchev–Trinajstić information content (AvgIpc) is 2.57. The predicted molar refractivity (Wildman–Crippen MR) is 91.8 cm³/mol. The number of ether oxygens (including phenoxy) is 2. The van der Waals surface area contributed by atoms with Gasteiger partial charge in [-0.2, -0.15) is 0 Å². The van der Waals surface area contributed by atoms with E-state index in [0.717, 1.165) is 5.75 Å². The molecule has 0 aliphatic carbocycles. The molecule has 1 amide bonds. The van der Waals surface area contributed by atoms with E-state index in [1.54, 1.807) is 25.3 Å². The summed E-state index contributed by atoms with van der Waals surface area (Å²) in [5.74, 6) is 1.16. The molecule has 1 unspecified atom stereocenters. The van der Waals surface area contributed by atoms with E-state index in [4.69, 9.17) is 15.2 Å². The number of hydrogen-bond donors (Lipinski definition) is 2. The fourth-order valence-corrected chi connectivity index (χ4v) is 2.03. The Bertz CT molecular complexity index is 644. The van der Waals surface area contributed by atoms with Crippen molar-refractivity contribution in [2.75, 3.05) is 24.8 Å². The molecular formula is C18H22N2O3. The molecule has 1 atom stereocenters. The molecule has 0 aliphatic heterocycles. The van der Waals surface area contributed by atoms with Gasteiger partial charge in [-0.15, -0.1) is 0 Å². The summed E-state index contributed by atoms with van der Waals surface area (Å²) in [6.45, 7) is 2.34. The zero-order chi connectivity index (χ0) is 16.7. The third kappa shape index (κ3) is 4.92. The zero-order valence-corrected chi connectivity index (χ0v) is 13.4. The Balaban J connectivity index is 1.85. The molecule has 2 aromatic carbocycles. The van der Waals surface area contributed by atoms with Gasteiger partial charge in [0, 0.05) is 12.0 Å². The van der Waals surface area contributed by atoms with E-state index >= 15 is 0 Å². The highest BCUT2D eigenvalue weighted by Gasteiger charge is 2.14. The summed E-state index contributed by atoms with van der Waals surface area (Å²) < 4.78 is 10.8. The molecule has 0 bridgehead atoms. The Kier molecular flexibility index (Phi) is 5.86. The maximum Gasteiger partial charge on any atom is 0.227 e. The zero-order valence-electron chi connectivity index (χ0n) is 13.4. The molecule has 23 heavy (non-hydrogen) atoms. The van der Waals surface area contributed by atoms with Crippen LogP contribution >= 0.6 is 0 Å². The van der Waals surface area contributed by atoms with Crippen molar-refractivity contribution in [2.24, 2.45) is 5.92 Å². The van der Waals surface area contributed by atoms with Gasteiger partial charge in [-0.1, -0.05) is 25.1 Å². The van der Waals surface area contributed by atoms with Gasteiger partial charge in [0.05, 0.1) is 25.1 Å². The van der Waals surface area contributed by atoms with E-state index in [9.17, 15) is 4.79 Å². The standard InChI is InChI=1S/C18H22N2O3/c1-13(10-11-23-14-6-4-3-5-7-14)18(21)20-17-12-15(22-2)8-9-16(17)19/h3-9,12-13H,10-11,19H2,1-2H3,(H,20,21). The number of rotatable bonds is 7. The molecule has 0 heterocycles. The lowest BCUT2D eigenvalue weighted by Gasteiger charge is -2.14. The molecule has 0 fully saturated rings. The van der Waals surface area contributed by atoms with Gasteiger partial charge in [-0.3, -0.25) is 4.79 Å². The fraction of sp³-hybridized carbons (Fsp3) is 0.278. The lowest BCUT2D eigenvalue weighted by Crippen LogP contribution is -2.22. The Morgan fingerprint density at radius 2 is 1.91 bits per heavy atom. The number of carbonyl (C=O) groups is 1. The molecule has 0 saturated carbocycles. The number of nitrogens with two attached hydrogens (primary N) is 1. The quantitative estimate of drug-likeness (QED) is 0.769. The number of para-hydroxylation sites is 1. The summed E-state index contributed by atoms with van der Waals surface area (Å²) in [6.07, 6.45) is 0.616. The number of amides is 1. The molecule has 3 N–H and O–H groups in total. The van der Waals surface area contributed by atoms with Crippen LogP contribution in [0.1, 0.15) is 13.3 Å². The highest BCUT2D eigenvalue weighted by Crippen LogP contribution is 2.25. The highest BCUT2D eigenvalue weighted by molar-refractivity contribution is 5.95. The second-order valence-electron chi connectivity index (χ2n) is 5.29. The van der Waals surface area contributed by atoms with Crippen LogP contribution in [0, 0.1) is 5.92 Å². The van der Waals surface area contributed by atoms with E-state index in [1.165, 1.54) is 0 Å². The van der Waals surface area contributed by atoms with Gasteiger partial charge in [0.15, 0.2) is 0 Å². The number of benzene rings is 2. The number of methoxy groups -OCH3 is 1.